The van der Waals surface area contributed by atoms with Crippen molar-refractivity contribution in [3.8, 4) is 0 Å². The number of hydrogen-bond acceptors (Lipinski definition) is 4. The molecule has 3 N–H and O–H groups in total. The van der Waals surface area contributed by atoms with Gasteiger partial charge in [-0.2, -0.15) is 0 Å². The summed E-state index contributed by atoms with van der Waals surface area (Å²) in [5.41, 5.74) is 7.70. The first-order valence-corrected chi connectivity index (χ1v) is 7.97. The van der Waals surface area contributed by atoms with Crippen LogP contribution in [0, 0.1) is 0 Å². The Bertz CT molecular complexity index is 496. The van der Waals surface area contributed by atoms with Crippen molar-refractivity contribution >= 4 is 27.5 Å². The average molecular weight is 356 g/mol. The van der Waals surface area contributed by atoms with Gasteiger partial charge in [0, 0.05) is 36.9 Å². The fourth-order valence-corrected chi connectivity index (χ4v) is 3.13. The van der Waals surface area contributed by atoms with E-state index >= 15 is 0 Å². The van der Waals surface area contributed by atoms with Gasteiger partial charge in [0.15, 0.2) is 0 Å². The third kappa shape index (κ3) is 4.18. The number of nitrogens with one attached hydrogen (secondary N) is 1. The van der Waals surface area contributed by atoms with E-state index in [1.807, 2.05) is 0 Å². The summed E-state index contributed by atoms with van der Waals surface area (Å²) in [4.78, 5) is 13.6. The van der Waals surface area contributed by atoms with E-state index in [9.17, 15) is 4.79 Å². The van der Waals surface area contributed by atoms with Gasteiger partial charge < -0.3 is 20.7 Å². The number of amides is 1. The molecule has 0 aromatic heterocycles. The van der Waals surface area contributed by atoms with Crippen LogP contribution in [-0.2, 0) is 16.1 Å². The van der Waals surface area contributed by atoms with Gasteiger partial charge in [-0.3, -0.25) is 4.79 Å². The Kier molecular flexibility index (Phi) is 6.02. The second-order valence-corrected chi connectivity index (χ2v) is 6.05. The highest BCUT2D eigenvalue weighted by Gasteiger charge is 2.29. The van der Waals surface area contributed by atoms with Gasteiger partial charge in [-0.05, 0) is 30.5 Å². The molecule has 6 heteroatoms. The molecule has 1 aromatic carbocycles. The lowest BCUT2D eigenvalue weighted by atomic mass is 10.1. The van der Waals surface area contributed by atoms with Gasteiger partial charge in [-0.1, -0.05) is 22.0 Å². The molecule has 116 valence electrons. The number of carbonyl (C=O) groups excluding carboxylic acids is 1. The van der Waals surface area contributed by atoms with Gasteiger partial charge in [0.25, 0.3) is 0 Å². The standard InChI is InChI=1S/C15H22BrN3O2/c1-21-8-6-18-10-11-4-5-12(9-13(11)16)19-7-2-3-14(19)15(17)20/h4-5,9,14,18H,2-3,6-8,10H2,1H3,(H2,17,20). The van der Waals surface area contributed by atoms with E-state index in [0.717, 1.165) is 42.6 Å². The topological polar surface area (TPSA) is 67.6 Å². The quantitative estimate of drug-likeness (QED) is 0.729. The Morgan fingerprint density at radius 2 is 2.38 bits per heavy atom. The van der Waals surface area contributed by atoms with E-state index in [-0.39, 0.29) is 11.9 Å². The summed E-state index contributed by atoms with van der Waals surface area (Å²) in [6.45, 7) is 3.18. The Morgan fingerprint density at radius 1 is 1.57 bits per heavy atom. The van der Waals surface area contributed by atoms with Crippen molar-refractivity contribution in [3.05, 3.63) is 28.2 Å². The van der Waals surface area contributed by atoms with Crippen molar-refractivity contribution in [2.24, 2.45) is 5.73 Å². The van der Waals surface area contributed by atoms with Gasteiger partial charge in [0.05, 0.1) is 6.61 Å². The monoisotopic (exact) mass is 355 g/mol. The predicted molar refractivity (Wildman–Crippen MR) is 87.3 cm³/mol. The van der Waals surface area contributed by atoms with E-state index < -0.39 is 0 Å². The van der Waals surface area contributed by atoms with Crippen molar-refractivity contribution in [2.75, 3.05) is 31.7 Å². The molecule has 0 saturated carbocycles. The van der Waals surface area contributed by atoms with E-state index in [4.69, 9.17) is 10.5 Å². The minimum atomic E-state index is -0.242. The predicted octanol–water partition coefficient (Wildman–Crippen LogP) is 1.64. The number of methoxy groups -OCH3 is 1. The lowest BCUT2D eigenvalue weighted by molar-refractivity contribution is -0.119. The van der Waals surface area contributed by atoms with Crippen LogP contribution in [0.15, 0.2) is 22.7 Å². The number of benzene rings is 1. The largest absolute Gasteiger partial charge is 0.383 e. The molecule has 2 rings (SSSR count). The molecule has 5 nitrogen and oxygen atoms in total. The van der Waals surface area contributed by atoms with Crippen LogP contribution in [0.4, 0.5) is 5.69 Å². The van der Waals surface area contributed by atoms with Crippen molar-refractivity contribution in [1.29, 1.82) is 0 Å². The molecule has 1 aliphatic heterocycles. The second-order valence-electron chi connectivity index (χ2n) is 5.20. The summed E-state index contributed by atoms with van der Waals surface area (Å²) in [6.07, 6.45) is 1.85. The van der Waals surface area contributed by atoms with Gasteiger partial charge in [-0.25, -0.2) is 0 Å². The Hall–Kier alpha value is -1.11. The Balaban J connectivity index is 2.03. The van der Waals surface area contributed by atoms with E-state index in [0.29, 0.717) is 6.61 Å². The number of ether oxygens (including phenoxy) is 1. The maximum atomic E-state index is 11.5. The average Bonchev–Trinajstić information content (AvgIpc) is 2.94. The minimum absolute atomic E-state index is 0.178. The molecule has 0 aliphatic carbocycles. The Morgan fingerprint density at radius 3 is 3.05 bits per heavy atom. The van der Waals surface area contributed by atoms with Crippen LogP contribution in [-0.4, -0.2) is 38.8 Å². The molecule has 1 unspecified atom stereocenters. The van der Waals surface area contributed by atoms with E-state index in [1.165, 1.54) is 5.56 Å². The molecule has 0 radical (unpaired) electrons. The number of rotatable bonds is 7. The number of primary amides is 1. The summed E-state index contributed by atoms with van der Waals surface area (Å²) in [5, 5.41) is 3.32. The highest BCUT2D eigenvalue weighted by molar-refractivity contribution is 9.10. The lowest BCUT2D eigenvalue weighted by Crippen LogP contribution is -2.40. The van der Waals surface area contributed by atoms with Crippen molar-refractivity contribution < 1.29 is 9.53 Å². The number of hydrogen-bond donors (Lipinski definition) is 2. The first-order chi connectivity index (χ1) is 10.1. The van der Waals surface area contributed by atoms with Gasteiger partial charge in [0.2, 0.25) is 5.91 Å². The fourth-order valence-electron chi connectivity index (χ4n) is 2.63. The number of carbonyl (C=O) groups is 1. The highest BCUT2D eigenvalue weighted by Crippen LogP contribution is 2.29. The summed E-state index contributed by atoms with van der Waals surface area (Å²) in [5.74, 6) is -0.242. The van der Waals surface area contributed by atoms with Gasteiger partial charge in [-0.15, -0.1) is 0 Å². The van der Waals surface area contributed by atoms with Crippen molar-refractivity contribution in [3.63, 3.8) is 0 Å². The molecule has 1 saturated heterocycles. The summed E-state index contributed by atoms with van der Waals surface area (Å²) >= 11 is 3.61. The van der Waals surface area contributed by atoms with Gasteiger partial charge >= 0.3 is 0 Å². The van der Waals surface area contributed by atoms with E-state index in [2.05, 4.69) is 44.3 Å². The lowest BCUT2D eigenvalue weighted by Gasteiger charge is -2.25. The zero-order chi connectivity index (χ0) is 15.2. The second kappa shape index (κ2) is 7.77. The smallest absolute Gasteiger partial charge is 0.240 e. The molecule has 21 heavy (non-hydrogen) atoms. The minimum Gasteiger partial charge on any atom is -0.383 e. The maximum Gasteiger partial charge on any atom is 0.240 e. The molecule has 1 aromatic rings. The fraction of sp³-hybridized carbons (Fsp3) is 0.533. The highest BCUT2D eigenvalue weighted by atomic mass is 79.9. The molecule has 1 atom stereocenters. The zero-order valence-electron chi connectivity index (χ0n) is 12.3. The van der Waals surface area contributed by atoms with Crippen LogP contribution in [0.1, 0.15) is 18.4 Å². The van der Waals surface area contributed by atoms with Crippen LogP contribution in [0.5, 0.6) is 0 Å². The molecule has 1 heterocycles. The molecule has 1 aliphatic rings. The summed E-state index contributed by atoms with van der Waals surface area (Å²) < 4.78 is 6.05. The zero-order valence-corrected chi connectivity index (χ0v) is 13.9. The number of halogens is 1. The van der Waals surface area contributed by atoms with Crippen molar-refractivity contribution in [1.82, 2.24) is 5.32 Å². The van der Waals surface area contributed by atoms with Crippen LogP contribution in [0.2, 0.25) is 0 Å². The number of nitrogens with zero attached hydrogens (tertiary/aromatic N) is 1. The molecule has 0 spiro atoms. The molecule has 0 bridgehead atoms. The maximum absolute atomic E-state index is 11.5. The molecular formula is C15H22BrN3O2. The van der Waals surface area contributed by atoms with Crippen LogP contribution in [0.3, 0.4) is 0 Å². The van der Waals surface area contributed by atoms with Crippen LogP contribution < -0.4 is 16.0 Å². The SMILES string of the molecule is COCCNCc1ccc(N2CCCC2C(N)=O)cc1Br. The van der Waals surface area contributed by atoms with Crippen LogP contribution in [0.25, 0.3) is 0 Å². The first-order valence-electron chi connectivity index (χ1n) is 7.17. The summed E-state index contributed by atoms with van der Waals surface area (Å²) in [6, 6.07) is 6.02. The van der Waals surface area contributed by atoms with Gasteiger partial charge in [0.1, 0.15) is 6.04 Å². The Labute approximate surface area is 134 Å². The third-order valence-corrected chi connectivity index (χ3v) is 4.49. The molecule has 1 fully saturated rings. The van der Waals surface area contributed by atoms with E-state index in [1.54, 1.807) is 7.11 Å². The number of anilines is 1. The normalized spacial score (nSPS) is 18.2. The summed E-state index contributed by atoms with van der Waals surface area (Å²) in [7, 11) is 1.69. The number of nitrogens with two attached hydrogens (primary N) is 1. The first kappa shape index (κ1) is 16.3. The van der Waals surface area contributed by atoms with Crippen molar-refractivity contribution in [2.45, 2.75) is 25.4 Å². The third-order valence-electron chi connectivity index (χ3n) is 3.75. The molecular weight excluding hydrogens is 334 g/mol. The molecule has 1 amide bonds. The van der Waals surface area contributed by atoms with Crippen LogP contribution >= 0.6 is 15.9 Å².